The molecule has 210 valence electrons. The fourth-order valence-corrected chi connectivity index (χ4v) is 3.57. The number of hydrogen-bond donors (Lipinski definition) is 4. The first kappa shape index (κ1) is 28.8. The van der Waals surface area contributed by atoms with Crippen molar-refractivity contribution in [2.75, 3.05) is 10.6 Å². The fraction of sp³-hybridized carbons (Fsp3) is 0.0370. The summed E-state index contributed by atoms with van der Waals surface area (Å²) in [5.41, 5.74) is 2.99. The molecule has 4 amide bonds. The molecule has 14 heteroatoms. The van der Waals surface area contributed by atoms with E-state index in [2.05, 4.69) is 26.5 Å². The molecule has 0 saturated heterocycles. The van der Waals surface area contributed by atoms with Crippen LogP contribution in [0.3, 0.4) is 0 Å². The molecule has 0 aliphatic carbocycles. The van der Waals surface area contributed by atoms with Gasteiger partial charge in [0.15, 0.2) is 0 Å². The lowest BCUT2D eigenvalue weighted by molar-refractivity contribution is -0.137. The van der Waals surface area contributed by atoms with E-state index < -0.39 is 40.4 Å². The van der Waals surface area contributed by atoms with Crippen molar-refractivity contribution in [2.45, 2.75) is 6.18 Å². The van der Waals surface area contributed by atoms with Gasteiger partial charge in [-0.1, -0.05) is 23.7 Å². The van der Waals surface area contributed by atoms with Crippen LogP contribution in [0.25, 0.3) is 0 Å². The summed E-state index contributed by atoms with van der Waals surface area (Å²) in [5, 5.41) is 4.28. The van der Waals surface area contributed by atoms with E-state index in [-0.39, 0.29) is 22.7 Å². The molecule has 3 aromatic carbocycles. The van der Waals surface area contributed by atoms with Gasteiger partial charge in [0.25, 0.3) is 11.8 Å². The molecule has 0 saturated carbocycles. The molecule has 9 nitrogen and oxygen atoms in total. The van der Waals surface area contributed by atoms with E-state index in [0.29, 0.717) is 11.4 Å². The number of amides is 4. The molecule has 0 fully saturated rings. The molecule has 4 rings (SSSR count). The number of anilines is 2. The van der Waals surface area contributed by atoms with E-state index in [1.807, 2.05) is 0 Å². The molecule has 1 aromatic heterocycles. The standard InChI is InChI=1S/C27H18ClF4N5O4/c28-21-10-7-16(13-20(21)27(30,31)32)35-26(40)34-15-5-8-17(9-6-15)41-18-11-12-33-23(14-18)25(39)37-36-24(38)19-3-1-2-4-22(19)29/h1-14H,(H,36,38)(H,37,39)(H2,34,35,40). The van der Waals surface area contributed by atoms with E-state index in [9.17, 15) is 31.9 Å². The Kier molecular flexibility index (Phi) is 8.68. The van der Waals surface area contributed by atoms with Crippen LogP contribution >= 0.6 is 11.6 Å². The minimum absolute atomic E-state index is 0.108. The Balaban J connectivity index is 1.32. The molecule has 4 N–H and O–H groups in total. The smallest absolute Gasteiger partial charge is 0.417 e. The van der Waals surface area contributed by atoms with Gasteiger partial charge in [-0.25, -0.2) is 9.18 Å². The van der Waals surface area contributed by atoms with Gasteiger partial charge < -0.3 is 15.4 Å². The zero-order chi connectivity index (χ0) is 29.6. The minimum Gasteiger partial charge on any atom is -0.457 e. The maximum atomic E-state index is 13.7. The summed E-state index contributed by atoms with van der Waals surface area (Å²) >= 11 is 5.59. The van der Waals surface area contributed by atoms with Gasteiger partial charge in [0.2, 0.25) is 0 Å². The van der Waals surface area contributed by atoms with Crippen molar-refractivity contribution < 1.29 is 36.7 Å². The van der Waals surface area contributed by atoms with Gasteiger partial charge >= 0.3 is 12.2 Å². The number of benzene rings is 3. The van der Waals surface area contributed by atoms with Gasteiger partial charge in [-0.2, -0.15) is 13.2 Å². The second kappa shape index (κ2) is 12.3. The van der Waals surface area contributed by atoms with Gasteiger partial charge in [0.05, 0.1) is 16.1 Å². The Morgan fingerprint density at radius 2 is 1.44 bits per heavy atom. The first-order valence-corrected chi connectivity index (χ1v) is 11.9. The molecule has 0 aliphatic rings. The topological polar surface area (TPSA) is 121 Å². The largest absolute Gasteiger partial charge is 0.457 e. The highest BCUT2D eigenvalue weighted by Crippen LogP contribution is 2.36. The van der Waals surface area contributed by atoms with Crippen molar-refractivity contribution in [3.63, 3.8) is 0 Å². The van der Waals surface area contributed by atoms with E-state index in [1.165, 1.54) is 66.9 Å². The summed E-state index contributed by atoms with van der Waals surface area (Å²) in [7, 11) is 0. The van der Waals surface area contributed by atoms with E-state index in [4.69, 9.17) is 16.3 Å². The molecule has 41 heavy (non-hydrogen) atoms. The van der Waals surface area contributed by atoms with Gasteiger partial charge in [0, 0.05) is 23.6 Å². The Labute approximate surface area is 234 Å². The van der Waals surface area contributed by atoms with E-state index >= 15 is 0 Å². The molecular formula is C27H18ClF4N5O4. The van der Waals surface area contributed by atoms with Gasteiger partial charge in [-0.15, -0.1) is 0 Å². The van der Waals surface area contributed by atoms with Gasteiger partial charge in [0.1, 0.15) is 23.0 Å². The lowest BCUT2D eigenvalue weighted by atomic mass is 10.2. The third-order valence-electron chi connectivity index (χ3n) is 5.25. The highest BCUT2D eigenvalue weighted by molar-refractivity contribution is 6.31. The predicted octanol–water partition coefficient (Wildman–Crippen LogP) is 6.40. The van der Waals surface area contributed by atoms with Crippen LogP contribution in [0.5, 0.6) is 11.5 Å². The van der Waals surface area contributed by atoms with Crippen molar-refractivity contribution in [1.82, 2.24) is 15.8 Å². The van der Waals surface area contributed by atoms with Crippen LogP contribution in [0, 0.1) is 5.82 Å². The number of rotatable bonds is 6. The number of halogens is 5. The third-order valence-corrected chi connectivity index (χ3v) is 5.58. The number of hydrogen-bond acceptors (Lipinski definition) is 5. The Bertz CT molecular complexity index is 1600. The number of carbonyl (C=O) groups excluding carboxylic acids is 3. The number of pyridine rings is 1. The number of aromatic nitrogens is 1. The minimum atomic E-state index is -4.68. The van der Waals surface area contributed by atoms with E-state index in [0.717, 1.165) is 18.2 Å². The summed E-state index contributed by atoms with van der Waals surface area (Å²) in [4.78, 5) is 40.6. The maximum absolute atomic E-state index is 13.7. The van der Waals surface area contributed by atoms with Crippen molar-refractivity contribution >= 4 is 40.8 Å². The van der Waals surface area contributed by atoms with Crippen LogP contribution in [0.15, 0.2) is 85.1 Å². The molecule has 1 heterocycles. The monoisotopic (exact) mass is 587 g/mol. The number of nitrogens with zero attached hydrogens (tertiary/aromatic N) is 1. The number of urea groups is 1. The fourth-order valence-electron chi connectivity index (χ4n) is 3.35. The number of hydrazine groups is 1. The first-order chi connectivity index (χ1) is 19.5. The van der Waals surface area contributed by atoms with Crippen molar-refractivity contribution in [1.29, 1.82) is 0 Å². The number of nitrogens with one attached hydrogen (secondary N) is 4. The Morgan fingerprint density at radius 3 is 2.15 bits per heavy atom. The molecule has 0 aliphatic heterocycles. The number of ether oxygens (including phenoxy) is 1. The summed E-state index contributed by atoms with van der Waals surface area (Å²) in [6.45, 7) is 0. The second-order valence-corrected chi connectivity index (χ2v) is 8.57. The molecule has 0 unspecified atom stereocenters. The lowest BCUT2D eigenvalue weighted by Gasteiger charge is -2.13. The van der Waals surface area contributed by atoms with Crippen LogP contribution in [-0.2, 0) is 6.18 Å². The molecule has 0 atom stereocenters. The second-order valence-electron chi connectivity index (χ2n) is 8.16. The van der Waals surface area contributed by atoms with Gasteiger partial charge in [-0.05, 0) is 60.7 Å². The zero-order valence-electron chi connectivity index (χ0n) is 20.6. The van der Waals surface area contributed by atoms with Gasteiger partial charge in [-0.3, -0.25) is 25.4 Å². The van der Waals surface area contributed by atoms with Crippen LogP contribution in [0.2, 0.25) is 5.02 Å². The molecule has 0 radical (unpaired) electrons. The number of alkyl halides is 3. The lowest BCUT2D eigenvalue weighted by Crippen LogP contribution is -2.42. The molecule has 4 aromatic rings. The molecule has 0 bridgehead atoms. The van der Waals surface area contributed by atoms with Crippen molar-refractivity contribution in [3.05, 3.63) is 113 Å². The van der Waals surface area contributed by atoms with Crippen LogP contribution in [0.4, 0.5) is 33.7 Å². The third kappa shape index (κ3) is 7.70. The average molecular weight is 588 g/mol. The summed E-state index contributed by atoms with van der Waals surface area (Å²) < 4.78 is 58.5. The number of carbonyl (C=O) groups is 3. The van der Waals surface area contributed by atoms with Crippen LogP contribution in [0.1, 0.15) is 26.4 Å². The van der Waals surface area contributed by atoms with E-state index in [1.54, 1.807) is 0 Å². The average Bonchev–Trinajstić information content (AvgIpc) is 2.93. The van der Waals surface area contributed by atoms with Crippen molar-refractivity contribution in [2.24, 2.45) is 0 Å². The van der Waals surface area contributed by atoms with Crippen LogP contribution in [-0.4, -0.2) is 22.8 Å². The highest BCUT2D eigenvalue weighted by atomic mass is 35.5. The predicted molar refractivity (Wildman–Crippen MR) is 141 cm³/mol. The quantitative estimate of drug-likeness (QED) is 0.154. The van der Waals surface area contributed by atoms with Crippen molar-refractivity contribution in [3.8, 4) is 11.5 Å². The normalized spacial score (nSPS) is 10.9. The SMILES string of the molecule is O=C(Nc1ccc(Oc2ccnc(C(=O)NNC(=O)c3ccccc3F)c2)cc1)Nc1ccc(Cl)c(C(F)(F)F)c1. The molecule has 0 spiro atoms. The molecular weight excluding hydrogens is 570 g/mol. The maximum Gasteiger partial charge on any atom is 0.417 e. The van der Waals surface area contributed by atoms with Crippen LogP contribution < -0.4 is 26.2 Å². The Morgan fingerprint density at radius 1 is 0.780 bits per heavy atom. The zero-order valence-corrected chi connectivity index (χ0v) is 21.3. The first-order valence-electron chi connectivity index (χ1n) is 11.5. The summed E-state index contributed by atoms with van der Waals surface area (Å²) in [6, 6.07) is 16.1. The summed E-state index contributed by atoms with van der Waals surface area (Å²) in [5.74, 6) is -1.86. The summed E-state index contributed by atoms with van der Waals surface area (Å²) in [6.07, 6.45) is -3.39. The highest BCUT2D eigenvalue weighted by Gasteiger charge is 2.33. The Hall–Kier alpha value is -5.17.